The second-order valence-electron chi connectivity index (χ2n) is 2.79. The van der Waals surface area contributed by atoms with Crippen molar-refractivity contribution in [1.29, 1.82) is 5.26 Å². The Morgan fingerprint density at radius 1 is 1.64 bits per heavy atom. The lowest BCUT2D eigenvalue weighted by Crippen LogP contribution is -2.10. The molecule has 4 heteroatoms. The highest BCUT2D eigenvalue weighted by molar-refractivity contribution is 9.10. The van der Waals surface area contributed by atoms with Gasteiger partial charge in [-0.05, 0) is 25.1 Å². The first-order chi connectivity index (χ1) is 6.56. The minimum atomic E-state index is -0.270. The highest BCUT2D eigenvalue weighted by Crippen LogP contribution is 2.20. The Morgan fingerprint density at radius 3 is 2.71 bits per heavy atom. The zero-order valence-corrected chi connectivity index (χ0v) is 9.76. The number of Topliss-reactive ketones (excluding diaryl/α,β-unsaturated/α-hetero) is 1. The highest BCUT2D eigenvalue weighted by atomic mass is 79.9. The van der Waals surface area contributed by atoms with Crippen LogP contribution in [-0.4, -0.2) is 10.6 Å². The summed E-state index contributed by atoms with van der Waals surface area (Å²) in [6.07, 6.45) is 0. The van der Waals surface area contributed by atoms with Crippen molar-refractivity contribution in [2.45, 2.75) is 11.8 Å². The fourth-order valence-electron chi connectivity index (χ4n) is 0.999. The van der Waals surface area contributed by atoms with Crippen LogP contribution in [0.4, 0.5) is 0 Å². The number of carbonyl (C=O) groups is 1. The van der Waals surface area contributed by atoms with E-state index in [0.717, 1.165) is 0 Å². The molecule has 0 aliphatic carbocycles. The number of ketones is 1. The van der Waals surface area contributed by atoms with Gasteiger partial charge in [-0.1, -0.05) is 27.5 Å². The molecule has 2 nitrogen and oxygen atoms in total. The van der Waals surface area contributed by atoms with E-state index >= 15 is 0 Å². The summed E-state index contributed by atoms with van der Waals surface area (Å²) in [6, 6.07) is 6.59. The van der Waals surface area contributed by atoms with Crippen molar-refractivity contribution in [2.75, 3.05) is 0 Å². The van der Waals surface area contributed by atoms with Gasteiger partial charge >= 0.3 is 0 Å². The highest BCUT2D eigenvalue weighted by Gasteiger charge is 2.15. The van der Waals surface area contributed by atoms with Crippen LogP contribution in [0.2, 0.25) is 5.02 Å². The molecule has 0 saturated carbocycles. The first-order valence-corrected chi connectivity index (χ1v) is 5.23. The quantitative estimate of drug-likeness (QED) is 0.613. The molecular weight excluding hydrogens is 265 g/mol. The average Bonchev–Trinajstić information content (AvgIpc) is 2.16. The van der Waals surface area contributed by atoms with E-state index in [9.17, 15) is 4.79 Å². The smallest absolute Gasteiger partial charge is 0.177 e. The monoisotopic (exact) mass is 271 g/mol. The number of rotatable bonds is 2. The summed E-state index contributed by atoms with van der Waals surface area (Å²) in [5.41, 5.74) is 0.892. The van der Waals surface area contributed by atoms with Crippen molar-refractivity contribution < 1.29 is 4.79 Å². The molecule has 1 atom stereocenters. The van der Waals surface area contributed by atoms with Crippen LogP contribution in [0.5, 0.6) is 0 Å². The van der Waals surface area contributed by atoms with Crippen LogP contribution in [-0.2, 0) is 0 Å². The fourth-order valence-corrected chi connectivity index (χ4v) is 1.52. The minimum absolute atomic E-state index is 0.0838. The van der Waals surface area contributed by atoms with Crippen LogP contribution in [0, 0.1) is 11.3 Å². The molecule has 1 aromatic rings. The molecule has 0 bridgehead atoms. The fraction of sp³-hybridized carbons (Fsp3) is 0.200. The molecule has 0 aliphatic rings. The molecule has 1 aromatic carbocycles. The Morgan fingerprint density at radius 2 is 2.29 bits per heavy atom. The van der Waals surface area contributed by atoms with Gasteiger partial charge in [0.15, 0.2) is 5.78 Å². The maximum atomic E-state index is 11.6. The summed E-state index contributed by atoms with van der Waals surface area (Å²) >= 11 is 9.03. The molecule has 0 spiro atoms. The second-order valence-corrected chi connectivity index (χ2v) is 4.57. The molecule has 72 valence electrons. The number of hydrogen-bond acceptors (Lipinski definition) is 2. The molecule has 14 heavy (non-hydrogen) atoms. The normalized spacial score (nSPS) is 11.9. The largest absolute Gasteiger partial charge is 0.293 e. The van der Waals surface area contributed by atoms with E-state index in [1.807, 2.05) is 6.07 Å². The number of alkyl halides is 1. The standard InChI is InChI=1S/C10H7BrClNO/c1-6(11)10(14)8-3-2-7(5-13)4-9(8)12/h2-4,6H,1H3. The summed E-state index contributed by atoms with van der Waals surface area (Å²) in [6.45, 7) is 1.73. The van der Waals surface area contributed by atoms with Crippen LogP contribution in [0.3, 0.4) is 0 Å². The number of halogens is 2. The third-order valence-electron chi connectivity index (χ3n) is 1.72. The predicted molar refractivity (Wildman–Crippen MR) is 58.9 cm³/mol. The van der Waals surface area contributed by atoms with E-state index in [1.54, 1.807) is 19.1 Å². The summed E-state index contributed by atoms with van der Waals surface area (Å²) in [4.78, 5) is 11.3. The average molecular weight is 273 g/mol. The summed E-state index contributed by atoms with van der Waals surface area (Å²) in [5, 5.41) is 8.92. The van der Waals surface area contributed by atoms with Gasteiger partial charge in [0.2, 0.25) is 0 Å². The Hall–Kier alpha value is -0.850. The van der Waals surface area contributed by atoms with Crippen molar-refractivity contribution in [2.24, 2.45) is 0 Å². The number of nitriles is 1. The Balaban J connectivity index is 3.14. The van der Waals surface area contributed by atoms with E-state index in [4.69, 9.17) is 16.9 Å². The maximum absolute atomic E-state index is 11.6. The van der Waals surface area contributed by atoms with Crippen molar-refractivity contribution in [3.05, 3.63) is 34.3 Å². The Kier molecular flexibility index (Phi) is 3.68. The third kappa shape index (κ3) is 2.34. The first kappa shape index (κ1) is 11.2. The van der Waals surface area contributed by atoms with Gasteiger partial charge in [-0.25, -0.2) is 0 Å². The summed E-state index contributed by atoms with van der Waals surface area (Å²) in [7, 11) is 0. The lowest BCUT2D eigenvalue weighted by atomic mass is 10.1. The lowest BCUT2D eigenvalue weighted by Gasteiger charge is -2.04. The number of benzene rings is 1. The number of carbonyl (C=O) groups excluding carboxylic acids is 1. The molecule has 0 N–H and O–H groups in total. The molecule has 1 rings (SSSR count). The van der Waals surface area contributed by atoms with Gasteiger partial charge in [-0.2, -0.15) is 5.26 Å². The minimum Gasteiger partial charge on any atom is -0.293 e. The van der Waals surface area contributed by atoms with Crippen LogP contribution in [0.1, 0.15) is 22.8 Å². The van der Waals surface area contributed by atoms with Gasteiger partial charge in [0.1, 0.15) is 0 Å². The van der Waals surface area contributed by atoms with Crippen molar-refractivity contribution in [3.8, 4) is 6.07 Å². The van der Waals surface area contributed by atoms with E-state index < -0.39 is 0 Å². The van der Waals surface area contributed by atoms with Crippen LogP contribution < -0.4 is 0 Å². The zero-order chi connectivity index (χ0) is 10.7. The van der Waals surface area contributed by atoms with Crippen LogP contribution >= 0.6 is 27.5 Å². The van der Waals surface area contributed by atoms with E-state index in [0.29, 0.717) is 16.1 Å². The van der Waals surface area contributed by atoms with Gasteiger partial charge in [-0.15, -0.1) is 0 Å². The van der Waals surface area contributed by atoms with Gasteiger partial charge in [0, 0.05) is 5.56 Å². The Bertz CT molecular complexity index is 409. The SMILES string of the molecule is CC(Br)C(=O)c1ccc(C#N)cc1Cl. The van der Waals surface area contributed by atoms with Crippen LogP contribution in [0.25, 0.3) is 0 Å². The maximum Gasteiger partial charge on any atom is 0.177 e. The van der Waals surface area contributed by atoms with Crippen molar-refractivity contribution in [3.63, 3.8) is 0 Å². The molecular formula is C10H7BrClNO. The van der Waals surface area contributed by atoms with E-state index in [-0.39, 0.29) is 10.6 Å². The predicted octanol–water partition coefficient (Wildman–Crippen LogP) is 3.18. The van der Waals surface area contributed by atoms with Gasteiger partial charge in [0.25, 0.3) is 0 Å². The first-order valence-electron chi connectivity index (χ1n) is 3.94. The molecule has 0 aromatic heterocycles. The lowest BCUT2D eigenvalue weighted by molar-refractivity contribution is 0.0996. The van der Waals surface area contributed by atoms with Crippen molar-refractivity contribution >= 4 is 33.3 Å². The van der Waals surface area contributed by atoms with Gasteiger partial charge < -0.3 is 0 Å². The molecule has 1 unspecified atom stereocenters. The second kappa shape index (κ2) is 4.59. The van der Waals surface area contributed by atoms with E-state index in [2.05, 4.69) is 15.9 Å². The van der Waals surface area contributed by atoms with Crippen molar-refractivity contribution in [1.82, 2.24) is 0 Å². The van der Waals surface area contributed by atoms with Gasteiger partial charge in [-0.3, -0.25) is 4.79 Å². The number of nitrogens with zero attached hydrogens (tertiary/aromatic N) is 1. The topological polar surface area (TPSA) is 40.9 Å². The molecule has 0 radical (unpaired) electrons. The zero-order valence-electron chi connectivity index (χ0n) is 7.42. The summed E-state index contributed by atoms with van der Waals surface area (Å²) < 4.78 is 0. The Labute approximate surface area is 95.6 Å². The molecule has 0 amide bonds. The number of hydrogen-bond donors (Lipinski definition) is 0. The van der Waals surface area contributed by atoms with Crippen LogP contribution in [0.15, 0.2) is 18.2 Å². The molecule has 0 fully saturated rings. The molecule has 0 heterocycles. The molecule has 0 aliphatic heterocycles. The summed E-state index contributed by atoms with van der Waals surface area (Å²) in [5.74, 6) is -0.0838. The third-order valence-corrected chi connectivity index (χ3v) is 2.45. The molecule has 0 saturated heterocycles. The van der Waals surface area contributed by atoms with Gasteiger partial charge in [0.05, 0.1) is 21.5 Å². The van der Waals surface area contributed by atoms with E-state index in [1.165, 1.54) is 6.07 Å².